The van der Waals surface area contributed by atoms with Gasteiger partial charge >= 0.3 is 5.97 Å². The van der Waals surface area contributed by atoms with Crippen LogP contribution in [0.3, 0.4) is 0 Å². The molecule has 0 aliphatic heterocycles. The normalized spacial score (nSPS) is 11.8. The molecule has 1 aromatic carbocycles. The van der Waals surface area contributed by atoms with Crippen molar-refractivity contribution in [1.82, 2.24) is 5.32 Å². The predicted octanol–water partition coefficient (Wildman–Crippen LogP) is 0.634. The Labute approximate surface area is 117 Å². The number of carbonyl (C=O) groups excluding carboxylic acids is 1. The molecule has 1 rings (SSSR count). The van der Waals surface area contributed by atoms with E-state index in [2.05, 4.69) is 5.32 Å². The number of ether oxygens (including phenoxy) is 2. The van der Waals surface area contributed by atoms with Gasteiger partial charge in [0.1, 0.15) is 6.61 Å². The topological polar surface area (TPSA) is 84.9 Å². The first-order valence-corrected chi connectivity index (χ1v) is 6.26. The summed E-state index contributed by atoms with van der Waals surface area (Å²) in [6, 6.07) is 8.78. The molecule has 0 saturated carbocycles. The molecule has 0 aliphatic carbocycles. The van der Waals surface area contributed by atoms with E-state index >= 15 is 0 Å². The fourth-order valence-corrected chi connectivity index (χ4v) is 1.61. The van der Waals surface area contributed by atoms with Crippen molar-refractivity contribution < 1.29 is 24.2 Å². The molecule has 110 valence electrons. The van der Waals surface area contributed by atoms with Crippen molar-refractivity contribution >= 4 is 11.9 Å². The lowest BCUT2D eigenvalue weighted by Crippen LogP contribution is -2.34. The Kier molecular flexibility index (Phi) is 7.31. The second kappa shape index (κ2) is 9.06. The van der Waals surface area contributed by atoms with Gasteiger partial charge in [0.25, 0.3) is 0 Å². The van der Waals surface area contributed by atoms with Gasteiger partial charge in [-0.15, -0.1) is 0 Å². The summed E-state index contributed by atoms with van der Waals surface area (Å²) in [6.07, 6.45) is 0. The van der Waals surface area contributed by atoms with Crippen LogP contribution in [0.2, 0.25) is 0 Å². The number of aliphatic carboxylic acids is 1. The van der Waals surface area contributed by atoms with Crippen LogP contribution in [0.1, 0.15) is 11.5 Å². The number of carboxylic acid groups (broad SMARTS) is 1. The Morgan fingerprint density at radius 2 is 1.95 bits per heavy atom. The van der Waals surface area contributed by atoms with Crippen molar-refractivity contribution in [3.8, 4) is 0 Å². The molecular formula is C14H19NO5. The molecule has 1 unspecified atom stereocenters. The lowest BCUT2D eigenvalue weighted by molar-refractivity contribution is -0.138. The Morgan fingerprint density at radius 1 is 1.25 bits per heavy atom. The van der Waals surface area contributed by atoms with Crippen molar-refractivity contribution in [2.45, 2.75) is 5.92 Å². The van der Waals surface area contributed by atoms with Crippen LogP contribution in [0.15, 0.2) is 30.3 Å². The number of carbonyl (C=O) groups is 2. The van der Waals surface area contributed by atoms with Gasteiger partial charge in [0.2, 0.25) is 5.91 Å². The van der Waals surface area contributed by atoms with Crippen LogP contribution in [0, 0.1) is 0 Å². The second-order valence-electron chi connectivity index (χ2n) is 4.15. The zero-order valence-corrected chi connectivity index (χ0v) is 11.4. The summed E-state index contributed by atoms with van der Waals surface area (Å²) < 4.78 is 9.83. The van der Waals surface area contributed by atoms with Crippen LogP contribution >= 0.6 is 0 Å². The van der Waals surface area contributed by atoms with E-state index < -0.39 is 11.9 Å². The molecule has 0 heterocycles. The molecule has 1 aromatic rings. The van der Waals surface area contributed by atoms with Gasteiger partial charge in [-0.1, -0.05) is 30.3 Å². The second-order valence-corrected chi connectivity index (χ2v) is 4.15. The Hall–Kier alpha value is -1.92. The lowest BCUT2D eigenvalue weighted by atomic mass is 9.99. The molecule has 0 fully saturated rings. The first-order chi connectivity index (χ1) is 9.65. The van der Waals surface area contributed by atoms with Crippen molar-refractivity contribution in [3.63, 3.8) is 0 Å². The van der Waals surface area contributed by atoms with Gasteiger partial charge < -0.3 is 19.9 Å². The summed E-state index contributed by atoms with van der Waals surface area (Å²) in [4.78, 5) is 22.7. The Bertz CT molecular complexity index is 421. The number of hydrogen-bond acceptors (Lipinski definition) is 4. The quantitative estimate of drug-likeness (QED) is 0.649. The fourth-order valence-electron chi connectivity index (χ4n) is 1.61. The zero-order valence-electron chi connectivity index (χ0n) is 11.4. The van der Waals surface area contributed by atoms with Gasteiger partial charge in [0.05, 0.1) is 19.1 Å². The van der Waals surface area contributed by atoms with Gasteiger partial charge in [0, 0.05) is 13.7 Å². The van der Waals surface area contributed by atoms with E-state index in [1.165, 1.54) is 0 Å². The summed E-state index contributed by atoms with van der Waals surface area (Å²) in [6.45, 7) is 0.663. The van der Waals surface area contributed by atoms with Crippen LogP contribution in [0.4, 0.5) is 0 Å². The SMILES string of the molecule is COCCOCC(=O)NCC(C(=O)O)c1ccccc1. The summed E-state index contributed by atoms with van der Waals surface area (Å²) in [5, 5.41) is 11.7. The van der Waals surface area contributed by atoms with E-state index in [-0.39, 0.29) is 19.1 Å². The third-order valence-corrected chi connectivity index (χ3v) is 2.67. The van der Waals surface area contributed by atoms with Gasteiger partial charge in [0.15, 0.2) is 0 Å². The van der Waals surface area contributed by atoms with Crippen molar-refractivity contribution in [1.29, 1.82) is 0 Å². The molecule has 2 N–H and O–H groups in total. The maximum absolute atomic E-state index is 11.5. The minimum Gasteiger partial charge on any atom is -0.481 e. The molecule has 1 amide bonds. The highest BCUT2D eigenvalue weighted by Crippen LogP contribution is 2.14. The molecule has 0 aromatic heterocycles. The van der Waals surface area contributed by atoms with Crippen molar-refractivity contribution in [2.75, 3.05) is 33.5 Å². The van der Waals surface area contributed by atoms with Crippen molar-refractivity contribution in [3.05, 3.63) is 35.9 Å². The first-order valence-electron chi connectivity index (χ1n) is 6.26. The minimum absolute atomic E-state index is 0.0335. The number of methoxy groups -OCH3 is 1. The number of carboxylic acids is 1. The molecule has 0 radical (unpaired) electrons. The summed E-state index contributed by atoms with van der Waals surface area (Å²) in [5.74, 6) is -2.08. The number of benzene rings is 1. The molecule has 6 heteroatoms. The molecule has 0 bridgehead atoms. The molecule has 0 aliphatic rings. The molecule has 20 heavy (non-hydrogen) atoms. The van der Waals surface area contributed by atoms with E-state index in [4.69, 9.17) is 9.47 Å². The average Bonchev–Trinajstić information content (AvgIpc) is 2.44. The summed E-state index contributed by atoms with van der Waals surface area (Å²) in [5.41, 5.74) is 0.653. The van der Waals surface area contributed by atoms with Crippen LogP contribution in [0.25, 0.3) is 0 Å². The van der Waals surface area contributed by atoms with Gasteiger partial charge in [-0.3, -0.25) is 9.59 Å². The predicted molar refractivity (Wildman–Crippen MR) is 72.5 cm³/mol. The van der Waals surface area contributed by atoms with Crippen LogP contribution in [-0.2, 0) is 19.1 Å². The molecule has 1 atom stereocenters. The molecule has 0 spiro atoms. The zero-order chi connectivity index (χ0) is 14.8. The number of nitrogens with one attached hydrogen (secondary N) is 1. The molecule has 6 nitrogen and oxygen atoms in total. The minimum atomic E-state index is -0.975. The maximum atomic E-state index is 11.5. The average molecular weight is 281 g/mol. The van der Waals surface area contributed by atoms with Crippen LogP contribution in [0.5, 0.6) is 0 Å². The van der Waals surface area contributed by atoms with E-state index in [1.807, 2.05) is 6.07 Å². The summed E-state index contributed by atoms with van der Waals surface area (Å²) >= 11 is 0. The Balaban J connectivity index is 2.40. The number of amides is 1. The standard InChI is InChI=1S/C14H19NO5/c1-19-7-8-20-10-13(16)15-9-12(14(17)18)11-5-3-2-4-6-11/h2-6,12H,7-10H2,1H3,(H,15,16)(H,17,18). The smallest absolute Gasteiger partial charge is 0.312 e. The highest BCUT2D eigenvalue weighted by Gasteiger charge is 2.20. The highest BCUT2D eigenvalue weighted by molar-refractivity contribution is 5.80. The first kappa shape index (κ1) is 16.1. The van der Waals surface area contributed by atoms with E-state index in [1.54, 1.807) is 31.4 Å². The van der Waals surface area contributed by atoms with E-state index in [9.17, 15) is 14.7 Å². The maximum Gasteiger partial charge on any atom is 0.312 e. The highest BCUT2D eigenvalue weighted by atomic mass is 16.5. The van der Waals surface area contributed by atoms with Crippen LogP contribution in [-0.4, -0.2) is 50.5 Å². The van der Waals surface area contributed by atoms with Crippen molar-refractivity contribution in [2.24, 2.45) is 0 Å². The number of hydrogen-bond donors (Lipinski definition) is 2. The molecule has 0 saturated heterocycles. The third-order valence-electron chi connectivity index (χ3n) is 2.67. The number of rotatable bonds is 9. The molecular weight excluding hydrogens is 262 g/mol. The van der Waals surface area contributed by atoms with Gasteiger partial charge in [-0.25, -0.2) is 0 Å². The fraction of sp³-hybridized carbons (Fsp3) is 0.429. The van der Waals surface area contributed by atoms with Gasteiger partial charge in [-0.2, -0.15) is 0 Å². The van der Waals surface area contributed by atoms with Crippen LogP contribution < -0.4 is 5.32 Å². The van der Waals surface area contributed by atoms with E-state index in [0.29, 0.717) is 18.8 Å². The largest absolute Gasteiger partial charge is 0.481 e. The van der Waals surface area contributed by atoms with E-state index in [0.717, 1.165) is 0 Å². The summed E-state index contributed by atoms with van der Waals surface area (Å²) in [7, 11) is 1.54. The third kappa shape index (κ3) is 5.81. The van der Waals surface area contributed by atoms with Gasteiger partial charge in [-0.05, 0) is 5.56 Å². The lowest BCUT2D eigenvalue weighted by Gasteiger charge is -2.13. The Morgan fingerprint density at radius 3 is 2.55 bits per heavy atom. The monoisotopic (exact) mass is 281 g/mol.